The number of pyridine rings is 1. The van der Waals surface area contributed by atoms with Crippen LogP contribution in [0.4, 0.5) is 28.6 Å². The van der Waals surface area contributed by atoms with E-state index < -0.39 is 0 Å². The summed E-state index contributed by atoms with van der Waals surface area (Å²) in [6, 6.07) is 17.7. The molecule has 3 N–H and O–H groups in total. The van der Waals surface area contributed by atoms with Crippen LogP contribution in [-0.4, -0.2) is 63.2 Å². The van der Waals surface area contributed by atoms with Crippen molar-refractivity contribution in [3.05, 3.63) is 65.9 Å². The molecule has 1 fully saturated rings. The molecule has 1 aliphatic rings. The first-order chi connectivity index (χ1) is 17.4. The molecule has 0 saturated carbocycles. The molecule has 3 aromatic rings. The number of para-hydroxylation sites is 1. The average molecular weight is 486 g/mol. The van der Waals surface area contributed by atoms with Crippen molar-refractivity contribution in [2.75, 3.05) is 56.9 Å². The van der Waals surface area contributed by atoms with Gasteiger partial charge >= 0.3 is 0 Å². The monoisotopic (exact) mass is 485 g/mol. The third-order valence-corrected chi connectivity index (χ3v) is 6.40. The minimum absolute atomic E-state index is 0.219. The fourth-order valence-electron chi connectivity index (χ4n) is 4.30. The van der Waals surface area contributed by atoms with Crippen molar-refractivity contribution < 1.29 is 9.53 Å². The maximum absolute atomic E-state index is 12.3. The van der Waals surface area contributed by atoms with Crippen molar-refractivity contribution in [3.63, 3.8) is 0 Å². The molecule has 1 aromatic heterocycles. The van der Waals surface area contributed by atoms with E-state index in [1.54, 1.807) is 38.4 Å². The Bertz CT molecular complexity index is 1290. The summed E-state index contributed by atoms with van der Waals surface area (Å²) in [6.45, 7) is 1.98. The Balaban J connectivity index is 1.58. The van der Waals surface area contributed by atoms with E-state index >= 15 is 0 Å². The van der Waals surface area contributed by atoms with E-state index in [1.807, 2.05) is 18.2 Å². The summed E-state index contributed by atoms with van der Waals surface area (Å²) in [7, 11) is 7.46. The largest absolute Gasteiger partial charge is 0.494 e. The molecule has 9 heteroatoms. The van der Waals surface area contributed by atoms with Crippen molar-refractivity contribution in [1.82, 2.24) is 15.2 Å². The molecule has 36 heavy (non-hydrogen) atoms. The van der Waals surface area contributed by atoms with E-state index in [2.05, 4.69) is 57.0 Å². The van der Waals surface area contributed by atoms with Gasteiger partial charge in [-0.2, -0.15) is 5.26 Å². The summed E-state index contributed by atoms with van der Waals surface area (Å²) in [4.78, 5) is 21.3. The third kappa shape index (κ3) is 5.34. The van der Waals surface area contributed by atoms with Crippen LogP contribution in [0.2, 0.25) is 0 Å². The topological polar surface area (TPSA) is 106 Å². The molecule has 0 radical (unpaired) electrons. The molecule has 186 valence electrons. The highest BCUT2D eigenvalue weighted by molar-refractivity contribution is 6.00. The molecule has 4 rings (SSSR count). The van der Waals surface area contributed by atoms with Crippen molar-refractivity contribution in [2.45, 2.75) is 12.5 Å². The minimum Gasteiger partial charge on any atom is -0.494 e. The standard InChI is InChI=1S/C27H31N7O2/c1-29-27(35)21-7-5-6-8-22(21)31-24-14-26(30-16-18(24)15-28)32-23-10-9-19(13-25(23)36-4)34-12-11-20(17-34)33(2)3/h5-10,13-14,16,20H,11-12,17H2,1-4H3,(H,29,35)(H2,30,31,32). The highest BCUT2D eigenvalue weighted by Gasteiger charge is 2.24. The van der Waals surface area contributed by atoms with Gasteiger partial charge in [-0.15, -0.1) is 0 Å². The number of methoxy groups -OCH3 is 1. The second-order valence-electron chi connectivity index (χ2n) is 8.84. The van der Waals surface area contributed by atoms with Crippen LogP contribution < -0.4 is 25.6 Å². The molecule has 0 spiro atoms. The Labute approximate surface area is 211 Å². The number of nitrogens with zero attached hydrogens (tertiary/aromatic N) is 4. The number of hydrogen-bond acceptors (Lipinski definition) is 8. The Morgan fingerprint density at radius 3 is 2.64 bits per heavy atom. The van der Waals surface area contributed by atoms with E-state index in [4.69, 9.17) is 4.74 Å². The predicted octanol–water partition coefficient (Wildman–Crippen LogP) is 3.95. The fourth-order valence-corrected chi connectivity index (χ4v) is 4.30. The van der Waals surface area contributed by atoms with E-state index in [-0.39, 0.29) is 5.91 Å². The van der Waals surface area contributed by atoms with Gasteiger partial charge in [-0.3, -0.25) is 4.79 Å². The molecule has 1 amide bonds. The lowest BCUT2D eigenvalue weighted by Gasteiger charge is -2.23. The zero-order valence-electron chi connectivity index (χ0n) is 21.0. The van der Waals surface area contributed by atoms with Gasteiger partial charge in [0.2, 0.25) is 0 Å². The third-order valence-electron chi connectivity index (χ3n) is 6.40. The van der Waals surface area contributed by atoms with E-state index in [9.17, 15) is 10.1 Å². The molecule has 1 aliphatic heterocycles. The van der Waals surface area contributed by atoms with Crippen LogP contribution in [0.15, 0.2) is 54.7 Å². The Morgan fingerprint density at radius 2 is 1.94 bits per heavy atom. The van der Waals surface area contributed by atoms with E-state index in [1.165, 1.54) is 6.20 Å². The summed E-state index contributed by atoms with van der Waals surface area (Å²) in [5.41, 5.74) is 3.84. The van der Waals surface area contributed by atoms with Crippen molar-refractivity contribution in [3.8, 4) is 11.8 Å². The number of nitriles is 1. The zero-order chi connectivity index (χ0) is 25.7. The average Bonchev–Trinajstić information content (AvgIpc) is 3.40. The quantitative estimate of drug-likeness (QED) is 0.441. The zero-order valence-corrected chi connectivity index (χ0v) is 21.0. The lowest BCUT2D eigenvalue weighted by Crippen LogP contribution is -2.31. The van der Waals surface area contributed by atoms with Gasteiger partial charge in [0.15, 0.2) is 0 Å². The number of hydrogen-bond donors (Lipinski definition) is 3. The lowest BCUT2D eigenvalue weighted by atomic mass is 10.1. The van der Waals surface area contributed by atoms with Gasteiger partial charge in [0.25, 0.3) is 5.91 Å². The Hall–Kier alpha value is -4.29. The highest BCUT2D eigenvalue weighted by Crippen LogP contribution is 2.34. The molecule has 2 heterocycles. The maximum atomic E-state index is 12.3. The second-order valence-corrected chi connectivity index (χ2v) is 8.84. The number of carbonyl (C=O) groups excluding carboxylic acids is 1. The summed E-state index contributed by atoms with van der Waals surface area (Å²) in [5, 5.41) is 18.8. The number of nitrogens with one attached hydrogen (secondary N) is 3. The number of aromatic nitrogens is 1. The molecule has 1 saturated heterocycles. The minimum atomic E-state index is -0.219. The predicted molar refractivity (Wildman–Crippen MR) is 143 cm³/mol. The van der Waals surface area contributed by atoms with Crippen molar-refractivity contribution in [2.24, 2.45) is 0 Å². The molecule has 0 bridgehead atoms. The van der Waals surface area contributed by atoms with Crippen LogP contribution in [0, 0.1) is 11.3 Å². The van der Waals surface area contributed by atoms with Gasteiger partial charge in [0, 0.05) is 50.2 Å². The lowest BCUT2D eigenvalue weighted by molar-refractivity contribution is 0.0964. The number of anilines is 5. The Kier molecular flexibility index (Phi) is 7.56. The van der Waals surface area contributed by atoms with E-state index in [0.717, 1.165) is 30.9 Å². The molecule has 2 aromatic carbocycles. The van der Waals surface area contributed by atoms with Crippen LogP contribution in [0.5, 0.6) is 5.75 Å². The molecule has 1 atom stereocenters. The highest BCUT2D eigenvalue weighted by atomic mass is 16.5. The van der Waals surface area contributed by atoms with Gasteiger partial charge in [-0.25, -0.2) is 4.98 Å². The normalized spacial score (nSPS) is 14.9. The van der Waals surface area contributed by atoms with Crippen molar-refractivity contribution in [1.29, 1.82) is 5.26 Å². The van der Waals surface area contributed by atoms with Crippen LogP contribution in [0.1, 0.15) is 22.3 Å². The number of carbonyl (C=O) groups is 1. The first-order valence-corrected chi connectivity index (χ1v) is 11.8. The van der Waals surface area contributed by atoms with Crippen LogP contribution in [0.3, 0.4) is 0 Å². The SMILES string of the molecule is CNC(=O)c1ccccc1Nc1cc(Nc2ccc(N3CCC(N(C)C)C3)cc2OC)ncc1C#N. The maximum Gasteiger partial charge on any atom is 0.253 e. The molecular formula is C27H31N7O2. The van der Waals surface area contributed by atoms with Gasteiger partial charge in [-0.1, -0.05) is 12.1 Å². The molecule has 9 nitrogen and oxygen atoms in total. The number of ether oxygens (including phenoxy) is 1. The number of benzene rings is 2. The molecule has 1 unspecified atom stereocenters. The summed E-state index contributed by atoms with van der Waals surface area (Å²) in [5.74, 6) is 1.02. The van der Waals surface area contributed by atoms with Gasteiger partial charge in [-0.05, 0) is 44.8 Å². The van der Waals surface area contributed by atoms with E-state index in [0.29, 0.717) is 40.1 Å². The smallest absolute Gasteiger partial charge is 0.253 e. The summed E-state index contributed by atoms with van der Waals surface area (Å²) in [6.07, 6.45) is 2.63. The molecular weight excluding hydrogens is 454 g/mol. The number of rotatable bonds is 8. The van der Waals surface area contributed by atoms with Crippen LogP contribution >= 0.6 is 0 Å². The first kappa shape index (κ1) is 24.8. The van der Waals surface area contributed by atoms with Gasteiger partial charge in [0.1, 0.15) is 17.6 Å². The number of likely N-dealkylation sites (N-methyl/N-ethyl adjacent to an activating group) is 1. The summed E-state index contributed by atoms with van der Waals surface area (Å²) < 4.78 is 5.68. The Morgan fingerprint density at radius 1 is 1.14 bits per heavy atom. The van der Waals surface area contributed by atoms with Crippen LogP contribution in [-0.2, 0) is 0 Å². The van der Waals surface area contributed by atoms with Gasteiger partial charge in [0.05, 0.1) is 35.3 Å². The number of amides is 1. The van der Waals surface area contributed by atoms with Crippen molar-refractivity contribution >= 4 is 34.5 Å². The van der Waals surface area contributed by atoms with Crippen LogP contribution in [0.25, 0.3) is 0 Å². The summed E-state index contributed by atoms with van der Waals surface area (Å²) >= 11 is 0. The second kappa shape index (κ2) is 11.0. The molecule has 0 aliphatic carbocycles. The first-order valence-electron chi connectivity index (χ1n) is 11.8. The fraction of sp³-hybridized carbons (Fsp3) is 0.296. The van der Waals surface area contributed by atoms with Gasteiger partial charge < -0.3 is 30.5 Å².